The van der Waals surface area contributed by atoms with Gasteiger partial charge in [0.2, 0.25) is 5.01 Å². The molecule has 0 saturated carbocycles. The van der Waals surface area contributed by atoms with Gasteiger partial charge in [0.15, 0.2) is 16.5 Å². The maximum absolute atomic E-state index is 12.3. The SMILES string of the molecule is C=CCOc1ccc(/C=C(\Cl)c2nnc(C(=O)NCc3ccccc3)s2)cc1OC. The van der Waals surface area contributed by atoms with E-state index in [0.717, 1.165) is 22.5 Å². The Kier molecular flexibility index (Phi) is 7.59. The first-order chi connectivity index (χ1) is 14.6. The van der Waals surface area contributed by atoms with Crippen LogP contribution in [0, 0.1) is 0 Å². The minimum Gasteiger partial charge on any atom is -0.493 e. The van der Waals surface area contributed by atoms with Crippen molar-refractivity contribution in [2.45, 2.75) is 6.54 Å². The molecule has 1 N–H and O–H groups in total. The molecule has 1 heterocycles. The summed E-state index contributed by atoms with van der Waals surface area (Å²) < 4.78 is 10.9. The first-order valence-electron chi connectivity index (χ1n) is 9.05. The molecule has 1 aromatic heterocycles. The lowest BCUT2D eigenvalue weighted by molar-refractivity contribution is 0.0950. The Hall–Kier alpha value is -3.16. The van der Waals surface area contributed by atoms with Crippen LogP contribution in [-0.2, 0) is 6.54 Å². The van der Waals surface area contributed by atoms with Gasteiger partial charge in [0, 0.05) is 6.54 Å². The number of nitrogens with one attached hydrogen (secondary N) is 1. The number of carbonyl (C=O) groups is 1. The largest absolute Gasteiger partial charge is 0.493 e. The number of ether oxygens (including phenoxy) is 2. The summed E-state index contributed by atoms with van der Waals surface area (Å²) in [5, 5.41) is 11.9. The zero-order chi connectivity index (χ0) is 21.3. The van der Waals surface area contributed by atoms with E-state index in [1.807, 2.05) is 36.4 Å². The van der Waals surface area contributed by atoms with Crippen LogP contribution >= 0.6 is 22.9 Å². The summed E-state index contributed by atoms with van der Waals surface area (Å²) in [4.78, 5) is 12.3. The van der Waals surface area contributed by atoms with Gasteiger partial charge in [-0.2, -0.15) is 0 Å². The van der Waals surface area contributed by atoms with E-state index in [4.69, 9.17) is 21.1 Å². The molecule has 0 bridgehead atoms. The number of carbonyl (C=O) groups excluding carboxylic acids is 1. The molecule has 0 aliphatic carbocycles. The first kappa shape index (κ1) is 21.5. The third-order valence-electron chi connectivity index (χ3n) is 3.96. The lowest BCUT2D eigenvalue weighted by Gasteiger charge is -2.09. The van der Waals surface area contributed by atoms with Gasteiger partial charge in [-0.05, 0) is 29.3 Å². The van der Waals surface area contributed by atoms with Crippen LogP contribution in [0.25, 0.3) is 11.1 Å². The Bertz CT molecular complexity index is 1050. The molecule has 0 atom stereocenters. The molecule has 0 aliphatic rings. The Balaban J connectivity index is 1.69. The number of benzene rings is 2. The normalized spacial score (nSPS) is 11.1. The summed E-state index contributed by atoms with van der Waals surface area (Å²) in [6, 6.07) is 15.1. The molecule has 0 unspecified atom stereocenters. The average molecular weight is 442 g/mol. The average Bonchev–Trinajstić information content (AvgIpc) is 3.28. The van der Waals surface area contributed by atoms with Gasteiger partial charge < -0.3 is 14.8 Å². The van der Waals surface area contributed by atoms with Gasteiger partial charge in [-0.25, -0.2) is 0 Å². The second-order valence-electron chi connectivity index (χ2n) is 6.08. The minimum absolute atomic E-state index is 0.248. The van der Waals surface area contributed by atoms with Crippen molar-refractivity contribution in [1.29, 1.82) is 0 Å². The highest BCUT2D eigenvalue weighted by Crippen LogP contribution is 2.31. The number of aromatic nitrogens is 2. The van der Waals surface area contributed by atoms with Crippen LogP contribution in [0.15, 0.2) is 61.2 Å². The standard InChI is InChI=1S/C22H20ClN3O3S/c1-3-11-29-18-10-9-16(13-19(18)28-2)12-17(23)21-25-26-22(30-21)20(27)24-14-15-7-5-4-6-8-15/h3-10,12-13H,1,11,14H2,2H3,(H,24,27)/b17-12-. The Morgan fingerprint density at radius 2 is 1.93 bits per heavy atom. The monoisotopic (exact) mass is 441 g/mol. The van der Waals surface area contributed by atoms with E-state index in [1.165, 1.54) is 0 Å². The third kappa shape index (κ3) is 5.68. The molecule has 3 rings (SSSR count). The molecule has 30 heavy (non-hydrogen) atoms. The van der Waals surface area contributed by atoms with E-state index in [1.54, 1.807) is 31.4 Å². The van der Waals surface area contributed by atoms with E-state index in [2.05, 4.69) is 22.1 Å². The van der Waals surface area contributed by atoms with Crippen LogP contribution in [0.5, 0.6) is 11.5 Å². The molecule has 8 heteroatoms. The van der Waals surface area contributed by atoms with E-state index in [-0.39, 0.29) is 10.9 Å². The Labute approximate surface area is 183 Å². The van der Waals surface area contributed by atoms with E-state index in [0.29, 0.717) is 34.7 Å². The number of halogens is 1. The third-order valence-corrected chi connectivity index (χ3v) is 5.31. The van der Waals surface area contributed by atoms with Gasteiger partial charge >= 0.3 is 0 Å². The molecule has 154 valence electrons. The van der Waals surface area contributed by atoms with Gasteiger partial charge in [-0.3, -0.25) is 4.79 Å². The highest BCUT2D eigenvalue weighted by molar-refractivity contribution is 7.15. The van der Waals surface area contributed by atoms with Crippen molar-refractivity contribution in [3.05, 3.63) is 82.3 Å². The smallest absolute Gasteiger partial charge is 0.282 e. The summed E-state index contributed by atoms with van der Waals surface area (Å²) in [6.45, 7) is 4.43. The summed E-state index contributed by atoms with van der Waals surface area (Å²) in [6.07, 6.45) is 3.39. The van der Waals surface area contributed by atoms with Crippen molar-refractivity contribution in [2.24, 2.45) is 0 Å². The number of hydrogen-bond acceptors (Lipinski definition) is 6. The molecule has 0 fully saturated rings. The van der Waals surface area contributed by atoms with Crippen molar-refractivity contribution in [1.82, 2.24) is 15.5 Å². The summed E-state index contributed by atoms with van der Waals surface area (Å²) in [5.41, 5.74) is 1.80. The van der Waals surface area contributed by atoms with E-state index in [9.17, 15) is 4.79 Å². The van der Waals surface area contributed by atoms with Crippen LogP contribution < -0.4 is 14.8 Å². The highest BCUT2D eigenvalue weighted by atomic mass is 35.5. The lowest BCUT2D eigenvalue weighted by atomic mass is 10.2. The van der Waals surface area contributed by atoms with Crippen LogP contribution in [0.3, 0.4) is 0 Å². The van der Waals surface area contributed by atoms with E-state index < -0.39 is 0 Å². The molecule has 0 radical (unpaired) electrons. The van der Waals surface area contributed by atoms with Gasteiger partial charge in [0.25, 0.3) is 5.91 Å². The van der Waals surface area contributed by atoms with Gasteiger partial charge in [0.05, 0.1) is 12.1 Å². The maximum Gasteiger partial charge on any atom is 0.282 e. The second kappa shape index (κ2) is 10.6. The Morgan fingerprint density at radius 1 is 1.17 bits per heavy atom. The first-order valence-corrected chi connectivity index (χ1v) is 10.2. The summed E-state index contributed by atoms with van der Waals surface area (Å²) in [7, 11) is 1.57. The summed E-state index contributed by atoms with van der Waals surface area (Å²) in [5.74, 6) is 0.893. The number of methoxy groups -OCH3 is 1. The molecule has 0 aliphatic heterocycles. The topological polar surface area (TPSA) is 73.3 Å². The van der Waals surface area contributed by atoms with Crippen LogP contribution in [0.2, 0.25) is 0 Å². The fourth-order valence-corrected chi connectivity index (χ4v) is 3.46. The molecular formula is C22H20ClN3O3S. The van der Waals surface area contributed by atoms with Crippen molar-refractivity contribution in [3.63, 3.8) is 0 Å². The molecule has 0 saturated heterocycles. The minimum atomic E-state index is -0.294. The summed E-state index contributed by atoms with van der Waals surface area (Å²) >= 11 is 7.53. The molecule has 3 aromatic rings. The molecule has 2 aromatic carbocycles. The van der Waals surface area contributed by atoms with E-state index >= 15 is 0 Å². The van der Waals surface area contributed by atoms with Gasteiger partial charge in [-0.1, -0.05) is 72.0 Å². The molecule has 6 nitrogen and oxygen atoms in total. The fraction of sp³-hybridized carbons (Fsp3) is 0.136. The lowest BCUT2D eigenvalue weighted by Crippen LogP contribution is -2.22. The van der Waals surface area contributed by atoms with Gasteiger partial charge in [0.1, 0.15) is 6.61 Å². The molecule has 1 amide bonds. The molecule has 0 spiro atoms. The van der Waals surface area contributed by atoms with Crippen molar-refractivity contribution >= 4 is 40.0 Å². The maximum atomic E-state index is 12.3. The zero-order valence-electron chi connectivity index (χ0n) is 16.3. The fourth-order valence-electron chi connectivity index (χ4n) is 2.52. The quantitative estimate of drug-likeness (QED) is 0.484. The predicted octanol–water partition coefficient (Wildman–Crippen LogP) is 4.78. The van der Waals surface area contributed by atoms with Crippen LogP contribution in [-0.4, -0.2) is 29.8 Å². The van der Waals surface area contributed by atoms with Crippen LogP contribution in [0.1, 0.15) is 25.9 Å². The number of nitrogens with zero attached hydrogens (tertiary/aromatic N) is 2. The number of rotatable bonds is 9. The van der Waals surface area contributed by atoms with Crippen molar-refractivity contribution < 1.29 is 14.3 Å². The Morgan fingerprint density at radius 3 is 2.67 bits per heavy atom. The second-order valence-corrected chi connectivity index (χ2v) is 7.47. The number of hydrogen-bond donors (Lipinski definition) is 1. The predicted molar refractivity (Wildman–Crippen MR) is 120 cm³/mol. The number of amides is 1. The van der Waals surface area contributed by atoms with Gasteiger partial charge in [-0.15, -0.1) is 10.2 Å². The molecular weight excluding hydrogens is 422 g/mol. The van der Waals surface area contributed by atoms with Crippen molar-refractivity contribution in [3.8, 4) is 11.5 Å². The zero-order valence-corrected chi connectivity index (χ0v) is 17.9. The van der Waals surface area contributed by atoms with Crippen LogP contribution in [0.4, 0.5) is 0 Å². The highest BCUT2D eigenvalue weighted by Gasteiger charge is 2.14. The van der Waals surface area contributed by atoms with Crippen molar-refractivity contribution in [2.75, 3.05) is 13.7 Å².